The average molecular weight is 273 g/mol. The zero-order valence-corrected chi connectivity index (χ0v) is 11.2. The summed E-state index contributed by atoms with van der Waals surface area (Å²) in [7, 11) is 0. The number of benzene rings is 2. The van der Waals surface area contributed by atoms with Gasteiger partial charge in [0.2, 0.25) is 0 Å². The maximum absolute atomic E-state index is 13.1. The molecular weight excluding hydrogens is 256 g/mol. The molecule has 0 aliphatic heterocycles. The van der Waals surface area contributed by atoms with Gasteiger partial charge in [0.25, 0.3) is 0 Å². The molecule has 2 aromatic carbocycles. The fraction of sp³-hybridized carbons (Fsp3) is 0.294. The number of rotatable bonds is 5. The lowest BCUT2D eigenvalue weighted by atomic mass is 10.1. The summed E-state index contributed by atoms with van der Waals surface area (Å²) in [4.78, 5) is 0. The van der Waals surface area contributed by atoms with Crippen LogP contribution in [0.25, 0.3) is 0 Å². The van der Waals surface area contributed by atoms with Gasteiger partial charge in [-0.15, -0.1) is 0 Å². The zero-order valence-electron chi connectivity index (χ0n) is 11.2. The summed E-state index contributed by atoms with van der Waals surface area (Å²) in [6, 6.07) is 12.6. The first-order valence-electron chi connectivity index (χ1n) is 6.96. The summed E-state index contributed by atoms with van der Waals surface area (Å²) in [5.74, 6) is -0.841. The van der Waals surface area contributed by atoms with Gasteiger partial charge in [0, 0.05) is 13.1 Å². The van der Waals surface area contributed by atoms with Crippen molar-refractivity contribution in [1.82, 2.24) is 5.32 Å². The number of halogens is 2. The molecule has 1 aliphatic carbocycles. The molecule has 0 spiro atoms. The number of nitrogens with one attached hydrogen (secondary N) is 1. The van der Waals surface area contributed by atoms with Crippen LogP contribution in [0.5, 0.6) is 0 Å². The minimum absolute atomic E-state index is 0.533. The standard InChI is InChI=1S/C17H17F2N/c18-16-7-4-13(9-17(16)19)11-20-10-12-2-1-3-15(8-12)14-5-6-14/h1-4,7-9,14,20H,5-6,10-11H2. The van der Waals surface area contributed by atoms with Crippen molar-refractivity contribution >= 4 is 0 Å². The molecule has 3 heteroatoms. The molecule has 0 amide bonds. The topological polar surface area (TPSA) is 12.0 Å². The zero-order chi connectivity index (χ0) is 13.9. The van der Waals surface area contributed by atoms with E-state index in [4.69, 9.17) is 0 Å². The summed E-state index contributed by atoms with van der Waals surface area (Å²) in [5.41, 5.74) is 3.40. The average Bonchev–Trinajstić information content (AvgIpc) is 3.28. The van der Waals surface area contributed by atoms with Gasteiger partial charge in [-0.25, -0.2) is 8.78 Å². The normalized spacial score (nSPS) is 14.5. The van der Waals surface area contributed by atoms with Gasteiger partial charge in [0.1, 0.15) is 0 Å². The Morgan fingerprint density at radius 2 is 1.65 bits per heavy atom. The molecule has 0 saturated heterocycles. The van der Waals surface area contributed by atoms with Crippen LogP contribution in [0.1, 0.15) is 35.4 Å². The monoisotopic (exact) mass is 273 g/mol. The highest BCUT2D eigenvalue weighted by Crippen LogP contribution is 2.40. The van der Waals surface area contributed by atoms with Gasteiger partial charge in [-0.1, -0.05) is 30.3 Å². The molecule has 1 N–H and O–H groups in total. The summed E-state index contributed by atoms with van der Waals surface area (Å²) >= 11 is 0. The molecule has 0 heterocycles. The van der Waals surface area contributed by atoms with Crippen LogP contribution in [0.3, 0.4) is 0 Å². The van der Waals surface area contributed by atoms with Crippen LogP contribution in [0.2, 0.25) is 0 Å². The van der Waals surface area contributed by atoms with E-state index in [0.29, 0.717) is 6.54 Å². The van der Waals surface area contributed by atoms with Crippen molar-refractivity contribution in [2.24, 2.45) is 0 Å². The molecule has 1 saturated carbocycles. The van der Waals surface area contributed by atoms with Gasteiger partial charge < -0.3 is 5.32 Å². The van der Waals surface area contributed by atoms with Gasteiger partial charge in [0.15, 0.2) is 11.6 Å². The molecular formula is C17H17F2N. The van der Waals surface area contributed by atoms with Crippen LogP contribution in [-0.4, -0.2) is 0 Å². The molecule has 2 aromatic rings. The Hall–Kier alpha value is -1.74. The second-order valence-electron chi connectivity index (χ2n) is 5.37. The maximum atomic E-state index is 13.1. The molecule has 1 fully saturated rings. The van der Waals surface area contributed by atoms with Crippen molar-refractivity contribution in [2.45, 2.75) is 31.8 Å². The summed E-state index contributed by atoms with van der Waals surface area (Å²) in [6.45, 7) is 1.27. The number of hydrogen-bond acceptors (Lipinski definition) is 1. The summed E-state index contributed by atoms with van der Waals surface area (Å²) in [5, 5.41) is 3.26. The van der Waals surface area contributed by atoms with Gasteiger partial charge in [-0.2, -0.15) is 0 Å². The van der Waals surface area contributed by atoms with E-state index in [1.54, 1.807) is 6.07 Å². The minimum atomic E-state index is -0.800. The molecule has 104 valence electrons. The largest absolute Gasteiger partial charge is 0.309 e. The highest BCUT2D eigenvalue weighted by Gasteiger charge is 2.23. The molecule has 1 aliphatic rings. The van der Waals surface area contributed by atoms with Crippen LogP contribution in [0.4, 0.5) is 8.78 Å². The van der Waals surface area contributed by atoms with E-state index in [0.717, 1.165) is 18.0 Å². The summed E-state index contributed by atoms with van der Waals surface area (Å²) in [6.07, 6.45) is 2.59. The van der Waals surface area contributed by atoms with E-state index < -0.39 is 11.6 Å². The maximum Gasteiger partial charge on any atom is 0.159 e. The van der Waals surface area contributed by atoms with E-state index in [9.17, 15) is 8.78 Å². The van der Waals surface area contributed by atoms with Crippen LogP contribution in [0.15, 0.2) is 42.5 Å². The Balaban J connectivity index is 1.56. The SMILES string of the molecule is Fc1ccc(CNCc2cccc(C3CC3)c2)cc1F. The second-order valence-corrected chi connectivity index (χ2v) is 5.37. The van der Waals surface area contributed by atoms with Crippen molar-refractivity contribution in [1.29, 1.82) is 0 Å². The van der Waals surface area contributed by atoms with Crippen LogP contribution >= 0.6 is 0 Å². The van der Waals surface area contributed by atoms with Crippen molar-refractivity contribution in [3.05, 3.63) is 70.8 Å². The third kappa shape index (κ3) is 3.23. The Morgan fingerprint density at radius 3 is 2.35 bits per heavy atom. The van der Waals surface area contributed by atoms with E-state index >= 15 is 0 Å². The highest BCUT2D eigenvalue weighted by molar-refractivity contribution is 5.29. The molecule has 0 radical (unpaired) electrons. The van der Waals surface area contributed by atoms with E-state index in [2.05, 4.69) is 29.6 Å². The lowest BCUT2D eigenvalue weighted by Crippen LogP contribution is -2.13. The smallest absolute Gasteiger partial charge is 0.159 e. The first-order chi connectivity index (χ1) is 9.72. The van der Waals surface area contributed by atoms with Gasteiger partial charge >= 0.3 is 0 Å². The lowest BCUT2D eigenvalue weighted by molar-refractivity contribution is 0.506. The lowest BCUT2D eigenvalue weighted by Gasteiger charge is -2.07. The van der Waals surface area contributed by atoms with E-state index in [1.165, 1.54) is 36.1 Å². The third-order valence-corrected chi connectivity index (χ3v) is 3.64. The Bertz CT molecular complexity index is 606. The predicted octanol–water partition coefficient (Wildman–Crippen LogP) is 4.13. The first kappa shape index (κ1) is 13.3. The third-order valence-electron chi connectivity index (χ3n) is 3.64. The minimum Gasteiger partial charge on any atom is -0.309 e. The second kappa shape index (κ2) is 5.71. The summed E-state index contributed by atoms with van der Waals surface area (Å²) < 4.78 is 25.9. The molecule has 3 rings (SSSR count). The Kier molecular flexibility index (Phi) is 3.79. The molecule has 0 aromatic heterocycles. The van der Waals surface area contributed by atoms with Crippen molar-refractivity contribution in [3.8, 4) is 0 Å². The molecule has 0 unspecified atom stereocenters. The van der Waals surface area contributed by atoms with Gasteiger partial charge in [0.05, 0.1) is 0 Å². The van der Waals surface area contributed by atoms with Crippen molar-refractivity contribution < 1.29 is 8.78 Å². The quantitative estimate of drug-likeness (QED) is 0.863. The fourth-order valence-electron chi connectivity index (χ4n) is 2.37. The predicted molar refractivity (Wildman–Crippen MR) is 75.3 cm³/mol. The van der Waals surface area contributed by atoms with Crippen molar-refractivity contribution in [3.63, 3.8) is 0 Å². The van der Waals surface area contributed by atoms with Gasteiger partial charge in [-0.05, 0) is 47.6 Å². The number of hydrogen-bond donors (Lipinski definition) is 1. The van der Waals surface area contributed by atoms with Crippen LogP contribution in [0, 0.1) is 11.6 Å². The van der Waals surface area contributed by atoms with Gasteiger partial charge in [-0.3, -0.25) is 0 Å². The Labute approximate surface area is 117 Å². The fourth-order valence-corrected chi connectivity index (χ4v) is 2.37. The molecule has 20 heavy (non-hydrogen) atoms. The first-order valence-corrected chi connectivity index (χ1v) is 6.96. The van der Waals surface area contributed by atoms with Crippen molar-refractivity contribution in [2.75, 3.05) is 0 Å². The molecule has 0 bridgehead atoms. The van der Waals surface area contributed by atoms with Crippen LogP contribution in [-0.2, 0) is 13.1 Å². The van der Waals surface area contributed by atoms with E-state index in [1.807, 2.05) is 0 Å². The molecule has 1 nitrogen and oxygen atoms in total. The van der Waals surface area contributed by atoms with E-state index in [-0.39, 0.29) is 0 Å². The highest BCUT2D eigenvalue weighted by atomic mass is 19.2. The Morgan fingerprint density at radius 1 is 0.900 bits per heavy atom. The van der Waals surface area contributed by atoms with Crippen LogP contribution < -0.4 is 5.32 Å². The molecule has 0 atom stereocenters.